The molecule has 0 unspecified atom stereocenters. The van der Waals surface area contributed by atoms with E-state index in [0.717, 1.165) is 12.1 Å². The molecule has 2 nitrogen and oxygen atoms in total. The van der Waals surface area contributed by atoms with Gasteiger partial charge in [0.15, 0.2) is 22.6 Å². The number of rotatable bonds is 2. The predicted octanol–water partition coefficient (Wildman–Crippen LogP) is 4.07. The van der Waals surface area contributed by atoms with Gasteiger partial charge in [0, 0.05) is 23.2 Å². The highest BCUT2D eigenvalue weighted by atomic mass is 79.9. The van der Waals surface area contributed by atoms with Gasteiger partial charge in [-0.15, -0.1) is 11.3 Å². The molecule has 0 aliphatic carbocycles. The number of nitrogens with zero attached hydrogens (tertiary/aromatic N) is 1. The van der Waals surface area contributed by atoms with Gasteiger partial charge in [0.25, 0.3) is 0 Å². The number of thiazole rings is 1. The van der Waals surface area contributed by atoms with Crippen LogP contribution in [0.25, 0.3) is 0 Å². The Morgan fingerprint density at radius 3 is 2.31 bits per heavy atom. The number of benzene rings is 1. The summed E-state index contributed by atoms with van der Waals surface area (Å²) in [6, 6.07) is 1.74. The quantitative estimate of drug-likeness (QED) is 0.846. The van der Waals surface area contributed by atoms with Crippen molar-refractivity contribution >= 4 is 38.1 Å². The van der Waals surface area contributed by atoms with Crippen LogP contribution in [0.1, 0.15) is 0 Å². The van der Waals surface area contributed by atoms with E-state index in [2.05, 4.69) is 26.2 Å². The van der Waals surface area contributed by atoms with Crippen molar-refractivity contribution < 1.29 is 13.2 Å². The van der Waals surface area contributed by atoms with Gasteiger partial charge in [-0.05, 0) is 15.9 Å². The molecule has 0 fully saturated rings. The van der Waals surface area contributed by atoms with Gasteiger partial charge in [0.1, 0.15) is 4.60 Å². The Balaban J connectivity index is 2.28. The third-order valence-corrected chi connectivity index (χ3v) is 3.18. The van der Waals surface area contributed by atoms with Gasteiger partial charge in [0.05, 0.1) is 0 Å². The number of anilines is 2. The van der Waals surface area contributed by atoms with E-state index < -0.39 is 17.5 Å². The Bertz CT molecular complexity index is 506. The minimum absolute atomic E-state index is 0.109. The maximum atomic E-state index is 12.9. The average Bonchev–Trinajstić information content (AvgIpc) is 2.60. The van der Waals surface area contributed by atoms with Crippen LogP contribution in [0.2, 0.25) is 0 Å². The molecule has 0 aliphatic heterocycles. The number of halogens is 4. The Hall–Kier alpha value is -1.08. The standard InChI is InChI=1S/C9H4BrF3N2S/c10-7-3-16-9(15-7)14-4-1-5(11)8(13)6(12)2-4/h1-3H,(H,14,15). The van der Waals surface area contributed by atoms with Crippen molar-refractivity contribution in [2.45, 2.75) is 0 Å². The molecular formula is C9H4BrF3N2S. The van der Waals surface area contributed by atoms with Crippen molar-refractivity contribution in [3.8, 4) is 0 Å². The fourth-order valence-corrected chi connectivity index (χ4v) is 2.23. The summed E-state index contributed by atoms with van der Waals surface area (Å²) in [6.45, 7) is 0. The molecule has 1 aromatic heterocycles. The Labute approximate surface area is 101 Å². The van der Waals surface area contributed by atoms with Crippen molar-refractivity contribution in [3.05, 3.63) is 39.6 Å². The van der Waals surface area contributed by atoms with Crippen molar-refractivity contribution in [3.63, 3.8) is 0 Å². The Kier molecular flexibility index (Phi) is 3.15. The fourth-order valence-electron chi connectivity index (χ4n) is 1.06. The largest absolute Gasteiger partial charge is 0.331 e. The summed E-state index contributed by atoms with van der Waals surface area (Å²) in [6.07, 6.45) is 0. The van der Waals surface area contributed by atoms with Crippen LogP contribution in [-0.2, 0) is 0 Å². The normalized spacial score (nSPS) is 10.5. The molecule has 0 saturated carbocycles. The van der Waals surface area contributed by atoms with Gasteiger partial charge < -0.3 is 5.32 Å². The lowest BCUT2D eigenvalue weighted by Gasteiger charge is -2.03. The van der Waals surface area contributed by atoms with Gasteiger partial charge in [-0.25, -0.2) is 18.2 Å². The van der Waals surface area contributed by atoms with Crippen molar-refractivity contribution in [1.82, 2.24) is 4.98 Å². The summed E-state index contributed by atoms with van der Waals surface area (Å²) in [7, 11) is 0. The third-order valence-electron chi connectivity index (χ3n) is 1.71. The molecule has 0 aliphatic rings. The lowest BCUT2D eigenvalue weighted by atomic mass is 10.3. The summed E-state index contributed by atoms with van der Waals surface area (Å²) >= 11 is 4.39. The van der Waals surface area contributed by atoms with E-state index >= 15 is 0 Å². The molecule has 0 amide bonds. The summed E-state index contributed by atoms with van der Waals surface area (Å²) in [5.41, 5.74) is 0.109. The Morgan fingerprint density at radius 2 is 1.81 bits per heavy atom. The van der Waals surface area contributed by atoms with Crippen molar-refractivity contribution in [1.29, 1.82) is 0 Å². The summed E-state index contributed by atoms with van der Waals surface area (Å²) in [5, 5.41) is 4.83. The van der Waals surface area contributed by atoms with Crippen LogP contribution < -0.4 is 5.32 Å². The van der Waals surface area contributed by atoms with Gasteiger partial charge >= 0.3 is 0 Å². The van der Waals surface area contributed by atoms with E-state index in [1.54, 1.807) is 5.38 Å². The second kappa shape index (κ2) is 4.42. The number of nitrogens with one attached hydrogen (secondary N) is 1. The molecule has 1 aromatic carbocycles. The molecule has 7 heteroatoms. The zero-order valence-electron chi connectivity index (χ0n) is 7.60. The molecule has 0 spiro atoms. The highest BCUT2D eigenvalue weighted by Crippen LogP contribution is 2.25. The first-order valence-electron chi connectivity index (χ1n) is 4.09. The maximum absolute atomic E-state index is 12.9. The minimum atomic E-state index is -1.48. The van der Waals surface area contributed by atoms with Crippen LogP contribution >= 0.6 is 27.3 Å². The SMILES string of the molecule is Fc1cc(Nc2nc(Br)cs2)cc(F)c1F. The molecule has 84 valence electrons. The third kappa shape index (κ3) is 2.35. The van der Waals surface area contributed by atoms with Gasteiger partial charge in [-0.3, -0.25) is 0 Å². The predicted molar refractivity (Wildman–Crippen MR) is 59.4 cm³/mol. The van der Waals surface area contributed by atoms with E-state index in [1.807, 2.05) is 0 Å². The summed E-state index contributed by atoms with van der Waals surface area (Å²) in [4.78, 5) is 3.97. The fraction of sp³-hybridized carbons (Fsp3) is 0. The lowest BCUT2D eigenvalue weighted by Crippen LogP contribution is -1.95. The van der Waals surface area contributed by atoms with E-state index in [9.17, 15) is 13.2 Å². The summed E-state index contributed by atoms with van der Waals surface area (Å²) in [5.74, 6) is -3.96. The molecule has 2 aromatic rings. The topological polar surface area (TPSA) is 24.9 Å². The lowest BCUT2D eigenvalue weighted by molar-refractivity contribution is 0.448. The maximum Gasteiger partial charge on any atom is 0.194 e. The van der Waals surface area contributed by atoms with Gasteiger partial charge in [-0.1, -0.05) is 0 Å². The van der Waals surface area contributed by atoms with Crippen LogP contribution in [0.4, 0.5) is 24.0 Å². The first kappa shape index (κ1) is 11.4. The van der Waals surface area contributed by atoms with Crippen LogP contribution in [0, 0.1) is 17.5 Å². The molecule has 1 N–H and O–H groups in total. The zero-order chi connectivity index (χ0) is 11.7. The first-order valence-corrected chi connectivity index (χ1v) is 5.76. The molecule has 0 saturated heterocycles. The van der Waals surface area contributed by atoms with Crippen molar-refractivity contribution in [2.24, 2.45) is 0 Å². The molecule has 1 heterocycles. The highest BCUT2D eigenvalue weighted by Gasteiger charge is 2.11. The summed E-state index contributed by atoms with van der Waals surface area (Å²) < 4.78 is 39.0. The van der Waals surface area contributed by atoms with Crippen LogP contribution in [0.5, 0.6) is 0 Å². The average molecular weight is 309 g/mol. The van der Waals surface area contributed by atoms with Crippen LogP contribution in [0.3, 0.4) is 0 Å². The number of aromatic nitrogens is 1. The van der Waals surface area contributed by atoms with E-state index in [-0.39, 0.29) is 5.69 Å². The van der Waals surface area contributed by atoms with Crippen LogP contribution in [0.15, 0.2) is 22.1 Å². The van der Waals surface area contributed by atoms with Crippen LogP contribution in [-0.4, -0.2) is 4.98 Å². The first-order chi connectivity index (χ1) is 7.56. The van der Waals surface area contributed by atoms with E-state index in [4.69, 9.17) is 0 Å². The molecule has 2 rings (SSSR count). The second-order valence-corrected chi connectivity index (χ2v) is 4.52. The second-order valence-electron chi connectivity index (χ2n) is 2.85. The van der Waals surface area contributed by atoms with E-state index in [1.165, 1.54) is 11.3 Å². The highest BCUT2D eigenvalue weighted by molar-refractivity contribution is 9.10. The monoisotopic (exact) mass is 308 g/mol. The smallest absolute Gasteiger partial charge is 0.194 e. The molecule has 16 heavy (non-hydrogen) atoms. The number of hydrogen-bond acceptors (Lipinski definition) is 3. The molecule has 0 radical (unpaired) electrons. The zero-order valence-corrected chi connectivity index (χ0v) is 10.0. The Morgan fingerprint density at radius 1 is 1.19 bits per heavy atom. The van der Waals surface area contributed by atoms with Gasteiger partial charge in [0.2, 0.25) is 0 Å². The van der Waals surface area contributed by atoms with Gasteiger partial charge in [-0.2, -0.15) is 0 Å². The van der Waals surface area contributed by atoms with E-state index in [0.29, 0.717) is 9.73 Å². The number of hydrogen-bond donors (Lipinski definition) is 1. The molecule has 0 atom stereocenters. The minimum Gasteiger partial charge on any atom is -0.331 e. The molecule has 0 bridgehead atoms. The van der Waals surface area contributed by atoms with Crippen molar-refractivity contribution in [2.75, 3.05) is 5.32 Å². The molecular weight excluding hydrogens is 305 g/mol.